The maximum Gasteiger partial charge on any atom is 0.343 e. The van der Waals surface area contributed by atoms with Crippen LogP contribution in [-0.4, -0.2) is 39.7 Å². The number of amides is 1. The zero-order valence-electron chi connectivity index (χ0n) is 24.0. The highest BCUT2D eigenvalue weighted by Crippen LogP contribution is 2.29. The number of sulfonamides is 1. The zero-order chi connectivity index (χ0) is 31.5. The van der Waals surface area contributed by atoms with Gasteiger partial charge in [-0.05, 0) is 110 Å². The molecule has 1 amide bonds. The monoisotopic (exact) mass is 635 g/mol. The standard InChI is InChI=1S/C32H30ClN3O7S/c1-3-19-42-27-14-8-24(9-15-27)32(38)43-29-18-5-22(20-30(29)41-4-2)21-34-35-31(37)23-6-12-26(13-7-23)36-44(39,40)28-16-10-25(33)11-17-28/h5-18,20-21,36H,3-4,19H2,1-2H3,(H,35,37)/b34-21+. The maximum atomic E-state index is 12.7. The zero-order valence-corrected chi connectivity index (χ0v) is 25.5. The number of halogens is 1. The van der Waals surface area contributed by atoms with Gasteiger partial charge in [-0.2, -0.15) is 5.10 Å². The van der Waals surface area contributed by atoms with Crippen molar-refractivity contribution in [3.05, 3.63) is 113 Å². The highest BCUT2D eigenvalue weighted by molar-refractivity contribution is 7.92. The Morgan fingerprint density at radius 2 is 1.52 bits per heavy atom. The Morgan fingerprint density at radius 1 is 0.841 bits per heavy atom. The molecule has 0 bridgehead atoms. The molecule has 0 radical (unpaired) electrons. The lowest BCUT2D eigenvalue weighted by atomic mass is 10.2. The molecule has 4 rings (SSSR count). The molecule has 0 aliphatic heterocycles. The highest BCUT2D eigenvalue weighted by Gasteiger charge is 2.15. The van der Waals surface area contributed by atoms with E-state index in [-0.39, 0.29) is 21.9 Å². The molecule has 0 aromatic heterocycles. The van der Waals surface area contributed by atoms with Crippen molar-refractivity contribution in [2.24, 2.45) is 5.10 Å². The van der Waals surface area contributed by atoms with Crippen LogP contribution in [0.2, 0.25) is 5.02 Å². The molecule has 0 heterocycles. The van der Waals surface area contributed by atoms with Crippen molar-refractivity contribution in [3.63, 3.8) is 0 Å². The summed E-state index contributed by atoms with van der Waals surface area (Å²) in [6.45, 7) is 4.73. The lowest BCUT2D eigenvalue weighted by Crippen LogP contribution is -2.18. The van der Waals surface area contributed by atoms with Gasteiger partial charge in [-0.15, -0.1) is 0 Å². The molecule has 0 saturated heterocycles. The molecule has 0 saturated carbocycles. The minimum atomic E-state index is -3.82. The van der Waals surface area contributed by atoms with Crippen molar-refractivity contribution in [3.8, 4) is 17.2 Å². The van der Waals surface area contributed by atoms with E-state index >= 15 is 0 Å². The molecule has 2 N–H and O–H groups in total. The molecule has 4 aromatic carbocycles. The topological polar surface area (TPSA) is 132 Å². The van der Waals surface area contributed by atoms with Crippen LogP contribution in [-0.2, 0) is 10.0 Å². The van der Waals surface area contributed by atoms with Gasteiger partial charge in [0.2, 0.25) is 0 Å². The van der Waals surface area contributed by atoms with E-state index in [9.17, 15) is 18.0 Å². The average Bonchev–Trinajstić information content (AvgIpc) is 3.02. The fourth-order valence-electron chi connectivity index (χ4n) is 3.77. The first-order valence-corrected chi connectivity index (χ1v) is 15.5. The van der Waals surface area contributed by atoms with E-state index in [0.717, 1.165) is 6.42 Å². The summed E-state index contributed by atoms with van der Waals surface area (Å²) in [5, 5.41) is 4.42. The van der Waals surface area contributed by atoms with Crippen LogP contribution in [0.15, 0.2) is 101 Å². The normalized spacial score (nSPS) is 11.2. The molecule has 0 unspecified atom stereocenters. The number of hydrogen-bond acceptors (Lipinski definition) is 8. The number of benzene rings is 4. The summed E-state index contributed by atoms with van der Waals surface area (Å²) in [5.74, 6) is 0.177. The highest BCUT2D eigenvalue weighted by atomic mass is 35.5. The van der Waals surface area contributed by atoms with Crippen LogP contribution < -0.4 is 24.4 Å². The van der Waals surface area contributed by atoms with Crippen LogP contribution in [0, 0.1) is 0 Å². The van der Waals surface area contributed by atoms with Crippen molar-refractivity contribution in [2.45, 2.75) is 25.2 Å². The van der Waals surface area contributed by atoms with E-state index in [0.29, 0.717) is 40.9 Å². The van der Waals surface area contributed by atoms with Crippen LogP contribution in [0.3, 0.4) is 0 Å². The minimum absolute atomic E-state index is 0.0553. The fraction of sp³-hybridized carbons (Fsp3) is 0.156. The van der Waals surface area contributed by atoms with E-state index in [1.54, 1.807) is 49.4 Å². The first-order chi connectivity index (χ1) is 21.2. The van der Waals surface area contributed by atoms with Crippen LogP contribution >= 0.6 is 11.6 Å². The molecule has 0 aliphatic rings. The van der Waals surface area contributed by atoms with Crippen molar-refractivity contribution < 1.29 is 32.2 Å². The van der Waals surface area contributed by atoms with Crippen molar-refractivity contribution in [1.82, 2.24) is 5.43 Å². The lowest BCUT2D eigenvalue weighted by Gasteiger charge is -2.12. The Bertz CT molecular complexity index is 1730. The van der Waals surface area contributed by atoms with Crippen molar-refractivity contribution in [2.75, 3.05) is 17.9 Å². The van der Waals surface area contributed by atoms with E-state index in [1.165, 1.54) is 54.7 Å². The Balaban J connectivity index is 1.35. The van der Waals surface area contributed by atoms with E-state index in [1.807, 2.05) is 6.92 Å². The minimum Gasteiger partial charge on any atom is -0.494 e. The summed E-state index contributed by atoms with van der Waals surface area (Å²) in [4.78, 5) is 25.3. The van der Waals surface area contributed by atoms with Crippen molar-refractivity contribution >= 4 is 45.4 Å². The van der Waals surface area contributed by atoms with Crippen molar-refractivity contribution in [1.29, 1.82) is 0 Å². The van der Waals surface area contributed by atoms with Gasteiger partial charge in [-0.1, -0.05) is 18.5 Å². The summed E-state index contributed by atoms with van der Waals surface area (Å²) in [5.41, 5.74) is 3.91. The number of esters is 1. The molecule has 44 heavy (non-hydrogen) atoms. The number of rotatable bonds is 13. The maximum absolute atomic E-state index is 12.7. The van der Waals surface area contributed by atoms with Crippen LogP contribution in [0.25, 0.3) is 0 Å². The number of anilines is 1. The van der Waals surface area contributed by atoms with E-state index < -0.39 is 21.9 Å². The number of hydrazone groups is 1. The molecule has 0 atom stereocenters. The Morgan fingerprint density at radius 3 is 2.18 bits per heavy atom. The first kappa shape index (κ1) is 32.1. The lowest BCUT2D eigenvalue weighted by molar-refractivity contribution is 0.0728. The molecule has 0 fully saturated rings. The summed E-state index contributed by atoms with van der Waals surface area (Å²) in [6.07, 6.45) is 2.29. The summed E-state index contributed by atoms with van der Waals surface area (Å²) in [7, 11) is -3.82. The van der Waals surface area contributed by atoms with Crippen LogP contribution in [0.5, 0.6) is 17.2 Å². The molecule has 0 aliphatic carbocycles. The molecule has 4 aromatic rings. The molecule has 0 spiro atoms. The van der Waals surface area contributed by atoms with Gasteiger partial charge in [0.15, 0.2) is 11.5 Å². The number of hydrogen-bond donors (Lipinski definition) is 2. The van der Waals surface area contributed by atoms with Gasteiger partial charge < -0.3 is 14.2 Å². The molecule has 228 valence electrons. The Kier molecular flexibility index (Phi) is 11.0. The third kappa shape index (κ3) is 8.82. The average molecular weight is 636 g/mol. The number of nitrogens with one attached hydrogen (secondary N) is 2. The SMILES string of the molecule is CCCOc1ccc(C(=O)Oc2ccc(/C=N/NC(=O)c3ccc(NS(=O)(=O)c4ccc(Cl)cc4)cc3)cc2OCC)cc1. The van der Waals surface area contributed by atoms with Gasteiger partial charge >= 0.3 is 5.97 Å². The smallest absolute Gasteiger partial charge is 0.343 e. The number of carbonyl (C=O) groups is 2. The molecular weight excluding hydrogens is 606 g/mol. The first-order valence-electron chi connectivity index (χ1n) is 13.6. The van der Waals surface area contributed by atoms with E-state index in [2.05, 4.69) is 15.2 Å². The van der Waals surface area contributed by atoms with E-state index in [4.69, 9.17) is 25.8 Å². The quantitative estimate of drug-likeness (QED) is 0.0761. The second-order valence-electron chi connectivity index (χ2n) is 9.24. The number of carbonyl (C=O) groups excluding carboxylic acids is 2. The Hall–Kier alpha value is -4.87. The van der Waals surface area contributed by atoms with Gasteiger partial charge in [-0.3, -0.25) is 9.52 Å². The van der Waals surface area contributed by atoms with Gasteiger partial charge in [0.25, 0.3) is 15.9 Å². The molecule has 10 nitrogen and oxygen atoms in total. The second kappa shape index (κ2) is 15.0. The van der Waals surface area contributed by atoms with Gasteiger partial charge in [-0.25, -0.2) is 18.6 Å². The summed E-state index contributed by atoms with van der Waals surface area (Å²) < 4.78 is 44.3. The molecular formula is C32H30ClN3O7S. The predicted molar refractivity (Wildman–Crippen MR) is 169 cm³/mol. The molecule has 12 heteroatoms. The third-order valence-electron chi connectivity index (χ3n) is 5.94. The largest absolute Gasteiger partial charge is 0.494 e. The van der Waals surface area contributed by atoms with Crippen LogP contribution in [0.1, 0.15) is 46.5 Å². The van der Waals surface area contributed by atoms with Gasteiger partial charge in [0, 0.05) is 16.3 Å². The summed E-state index contributed by atoms with van der Waals surface area (Å²) >= 11 is 5.83. The summed E-state index contributed by atoms with van der Waals surface area (Å²) in [6, 6.07) is 23.2. The Labute approximate surface area is 260 Å². The predicted octanol–water partition coefficient (Wildman–Crippen LogP) is 6.31. The second-order valence-corrected chi connectivity index (χ2v) is 11.4. The number of ether oxygens (including phenoxy) is 3. The fourth-order valence-corrected chi connectivity index (χ4v) is 4.96. The van der Waals surface area contributed by atoms with Gasteiger partial charge in [0.05, 0.1) is 29.9 Å². The van der Waals surface area contributed by atoms with Crippen LogP contribution in [0.4, 0.5) is 5.69 Å². The number of nitrogens with zero attached hydrogens (tertiary/aromatic N) is 1. The van der Waals surface area contributed by atoms with Gasteiger partial charge in [0.1, 0.15) is 5.75 Å². The third-order valence-corrected chi connectivity index (χ3v) is 7.59.